The molecule has 2 aromatic rings. The molecule has 0 radical (unpaired) electrons. The highest BCUT2D eigenvalue weighted by molar-refractivity contribution is 5.36. The number of ether oxygens (including phenoxy) is 1. The predicted octanol–water partition coefficient (Wildman–Crippen LogP) is 2.12. The average Bonchev–Trinajstić information content (AvgIpc) is 2.68. The summed E-state index contributed by atoms with van der Waals surface area (Å²) < 4.78 is 7.71. The summed E-state index contributed by atoms with van der Waals surface area (Å²) in [5.41, 5.74) is 1.01. The zero-order chi connectivity index (χ0) is 12.0. The van der Waals surface area contributed by atoms with Crippen molar-refractivity contribution < 1.29 is 4.74 Å². The highest BCUT2D eigenvalue weighted by Gasteiger charge is 2.28. The number of fused-ring (bicyclic) bond motifs is 2. The van der Waals surface area contributed by atoms with Gasteiger partial charge >= 0.3 is 6.01 Å². The summed E-state index contributed by atoms with van der Waals surface area (Å²) >= 11 is 0. The van der Waals surface area contributed by atoms with Crippen LogP contribution in [0.25, 0.3) is 0 Å². The zero-order valence-electron chi connectivity index (χ0n) is 10.1. The highest BCUT2D eigenvalue weighted by atomic mass is 16.5. The zero-order valence-corrected chi connectivity index (χ0v) is 10.1. The maximum Gasteiger partial charge on any atom is 0.322 e. The van der Waals surface area contributed by atoms with E-state index >= 15 is 0 Å². The Labute approximate surface area is 99.5 Å². The van der Waals surface area contributed by atoms with E-state index in [1.54, 1.807) is 6.20 Å². The van der Waals surface area contributed by atoms with Gasteiger partial charge in [0.05, 0.1) is 6.54 Å². The summed E-state index contributed by atoms with van der Waals surface area (Å²) in [6.45, 7) is 7.06. The standard InChI is InChI=1S/C12H14N4O/c1-12(2,3)10-14-15-11-16(10)7-8-6-13-5-4-9(8)17-11/h4-6H,7H2,1-3H3. The van der Waals surface area contributed by atoms with Gasteiger partial charge in [-0.25, -0.2) is 0 Å². The maximum absolute atomic E-state index is 5.70. The lowest BCUT2D eigenvalue weighted by atomic mass is 9.95. The molecule has 1 aliphatic rings. The van der Waals surface area contributed by atoms with E-state index in [-0.39, 0.29) is 5.41 Å². The fraction of sp³-hybridized carbons (Fsp3) is 0.417. The first-order valence-corrected chi connectivity index (χ1v) is 5.60. The molecule has 2 aromatic heterocycles. The molecule has 0 aliphatic carbocycles. The number of pyridine rings is 1. The normalized spacial score (nSPS) is 13.8. The first-order valence-electron chi connectivity index (χ1n) is 5.60. The summed E-state index contributed by atoms with van der Waals surface area (Å²) in [5, 5.41) is 8.31. The molecule has 5 heteroatoms. The molecule has 3 rings (SSSR count). The van der Waals surface area contributed by atoms with Gasteiger partial charge in [0, 0.05) is 23.4 Å². The Morgan fingerprint density at radius 1 is 1.29 bits per heavy atom. The molecule has 0 spiro atoms. The second-order valence-electron chi connectivity index (χ2n) is 5.23. The smallest absolute Gasteiger partial charge is 0.322 e. The molecular formula is C12H14N4O. The minimum absolute atomic E-state index is 0.0473. The lowest BCUT2D eigenvalue weighted by Crippen LogP contribution is -2.21. The Hall–Kier alpha value is -1.91. The van der Waals surface area contributed by atoms with Crippen LogP contribution in [-0.4, -0.2) is 19.7 Å². The van der Waals surface area contributed by atoms with E-state index in [2.05, 4.69) is 36.0 Å². The van der Waals surface area contributed by atoms with Crippen molar-refractivity contribution in [1.82, 2.24) is 19.7 Å². The third-order valence-corrected chi connectivity index (χ3v) is 2.78. The number of aromatic nitrogens is 4. The van der Waals surface area contributed by atoms with Crippen molar-refractivity contribution in [3.05, 3.63) is 29.8 Å². The number of hydrogen-bond acceptors (Lipinski definition) is 4. The molecule has 0 bridgehead atoms. The Morgan fingerprint density at radius 3 is 2.88 bits per heavy atom. The van der Waals surface area contributed by atoms with Crippen LogP contribution in [0.4, 0.5) is 0 Å². The first kappa shape index (κ1) is 10.3. The van der Waals surface area contributed by atoms with Gasteiger partial charge in [0.15, 0.2) is 0 Å². The molecule has 0 amide bonds. The van der Waals surface area contributed by atoms with Crippen LogP contribution in [0.1, 0.15) is 32.2 Å². The summed E-state index contributed by atoms with van der Waals surface area (Å²) in [6.07, 6.45) is 3.54. The first-order chi connectivity index (χ1) is 8.05. The molecule has 1 aliphatic heterocycles. The maximum atomic E-state index is 5.70. The fourth-order valence-electron chi connectivity index (χ4n) is 1.96. The average molecular weight is 230 g/mol. The fourth-order valence-corrected chi connectivity index (χ4v) is 1.96. The topological polar surface area (TPSA) is 52.8 Å². The van der Waals surface area contributed by atoms with E-state index < -0.39 is 0 Å². The van der Waals surface area contributed by atoms with E-state index in [0.717, 1.165) is 23.7 Å². The van der Waals surface area contributed by atoms with E-state index in [0.29, 0.717) is 6.01 Å². The van der Waals surface area contributed by atoms with E-state index in [4.69, 9.17) is 4.74 Å². The van der Waals surface area contributed by atoms with Crippen LogP contribution in [0.3, 0.4) is 0 Å². The van der Waals surface area contributed by atoms with Crippen LogP contribution < -0.4 is 4.74 Å². The summed E-state index contributed by atoms with van der Waals surface area (Å²) in [4.78, 5) is 4.11. The molecule has 88 valence electrons. The van der Waals surface area contributed by atoms with Crippen molar-refractivity contribution in [3.8, 4) is 11.8 Å². The Bertz CT molecular complexity index is 568. The number of rotatable bonds is 0. The van der Waals surface area contributed by atoms with Crippen molar-refractivity contribution in [2.45, 2.75) is 32.7 Å². The molecule has 0 saturated heterocycles. The lowest BCUT2D eigenvalue weighted by Gasteiger charge is -2.23. The Kier molecular flexibility index (Phi) is 1.98. The van der Waals surface area contributed by atoms with Crippen LogP contribution in [0, 0.1) is 0 Å². The van der Waals surface area contributed by atoms with Gasteiger partial charge in [0.1, 0.15) is 11.6 Å². The molecule has 0 aromatic carbocycles. The van der Waals surface area contributed by atoms with Gasteiger partial charge in [-0.3, -0.25) is 9.55 Å². The van der Waals surface area contributed by atoms with Crippen LogP contribution >= 0.6 is 0 Å². The monoisotopic (exact) mass is 230 g/mol. The molecule has 0 fully saturated rings. The van der Waals surface area contributed by atoms with Gasteiger partial charge in [-0.2, -0.15) is 0 Å². The summed E-state index contributed by atoms with van der Waals surface area (Å²) in [6, 6.07) is 2.42. The van der Waals surface area contributed by atoms with Gasteiger partial charge in [0.2, 0.25) is 0 Å². The molecule has 17 heavy (non-hydrogen) atoms. The van der Waals surface area contributed by atoms with Crippen LogP contribution in [0.15, 0.2) is 18.5 Å². The second kappa shape index (κ2) is 3.29. The van der Waals surface area contributed by atoms with E-state index in [9.17, 15) is 0 Å². The van der Waals surface area contributed by atoms with E-state index in [1.807, 2.05) is 16.8 Å². The highest BCUT2D eigenvalue weighted by Crippen LogP contribution is 2.33. The van der Waals surface area contributed by atoms with Gasteiger partial charge in [-0.05, 0) is 6.07 Å². The second-order valence-corrected chi connectivity index (χ2v) is 5.23. The Morgan fingerprint density at radius 2 is 2.12 bits per heavy atom. The lowest BCUT2D eigenvalue weighted by molar-refractivity contribution is 0.375. The SMILES string of the molecule is CC(C)(C)c1nnc2n1Cc1cnccc1O2. The van der Waals surface area contributed by atoms with Crippen molar-refractivity contribution in [1.29, 1.82) is 0 Å². The molecule has 0 unspecified atom stereocenters. The summed E-state index contributed by atoms with van der Waals surface area (Å²) in [7, 11) is 0. The number of hydrogen-bond donors (Lipinski definition) is 0. The largest absolute Gasteiger partial charge is 0.424 e. The van der Waals surface area contributed by atoms with Crippen molar-refractivity contribution in [3.63, 3.8) is 0 Å². The third kappa shape index (κ3) is 1.58. The third-order valence-electron chi connectivity index (χ3n) is 2.78. The van der Waals surface area contributed by atoms with Gasteiger partial charge in [-0.15, -0.1) is 5.10 Å². The number of nitrogens with zero attached hydrogens (tertiary/aromatic N) is 4. The summed E-state index contributed by atoms with van der Waals surface area (Å²) in [5.74, 6) is 1.75. The van der Waals surface area contributed by atoms with Gasteiger partial charge < -0.3 is 4.74 Å². The van der Waals surface area contributed by atoms with Gasteiger partial charge in [-0.1, -0.05) is 25.9 Å². The van der Waals surface area contributed by atoms with Crippen molar-refractivity contribution in [2.75, 3.05) is 0 Å². The van der Waals surface area contributed by atoms with Crippen LogP contribution in [-0.2, 0) is 12.0 Å². The van der Waals surface area contributed by atoms with Gasteiger partial charge in [0.25, 0.3) is 0 Å². The molecule has 3 heterocycles. The molecule has 0 saturated carbocycles. The molecule has 0 N–H and O–H groups in total. The van der Waals surface area contributed by atoms with Crippen molar-refractivity contribution >= 4 is 0 Å². The molecule has 5 nitrogen and oxygen atoms in total. The predicted molar refractivity (Wildman–Crippen MR) is 62.1 cm³/mol. The van der Waals surface area contributed by atoms with Crippen LogP contribution in [0.2, 0.25) is 0 Å². The van der Waals surface area contributed by atoms with Crippen LogP contribution in [0.5, 0.6) is 11.8 Å². The van der Waals surface area contributed by atoms with Crippen molar-refractivity contribution in [2.24, 2.45) is 0 Å². The minimum atomic E-state index is -0.0473. The molecule has 0 atom stereocenters. The minimum Gasteiger partial charge on any atom is -0.424 e. The Balaban J connectivity index is 2.09. The quantitative estimate of drug-likeness (QED) is 0.593. The molecular weight excluding hydrogens is 216 g/mol. The van der Waals surface area contributed by atoms with E-state index in [1.165, 1.54) is 0 Å².